The van der Waals surface area contributed by atoms with Crippen molar-refractivity contribution in [1.82, 2.24) is 4.90 Å². The lowest BCUT2D eigenvalue weighted by molar-refractivity contribution is -0.148. The fourth-order valence-electron chi connectivity index (χ4n) is 2.61. The number of aryl methyl sites for hydroxylation is 1. The molecule has 140 valence electrons. The average Bonchev–Trinajstić information content (AvgIpc) is 3.18. The Balaban J connectivity index is 1.86. The minimum Gasteiger partial charge on any atom is -0.467 e. The van der Waals surface area contributed by atoms with E-state index in [0.717, 1.165) is 32.3 Å². The molecular formula is C19H16BrNO5S. The molecular weight excluding hydrogens is 434 g/mol. The molecule has 8 heteroatoms. The molecule has 0 radical (unpaired) electrons. The van der Waals surface area contributed by atoms with E-state index in [2.05, 4.69) is 20.7 Å². The summed E-state index contributed by atoms with van der Waals surface area (Å²) in [5, 5.41) is -0.516. The van der Waals surface area contributed by atoms with Gasteiger partial charge in [-0.1, -0.05) is 22.0 Å². The zero-order chi connectivity index (χ0) is 19.7. The van der Waals surface area contributed by atoms with Gasteiger partial charge >= 0.3 is 5.97 Å². The van der Waals surface area contributed by atoms with Crippen molar-refractivity contribution in [3.8, 4) is 11.3 Å². The topological polar surface area (TPSA) is 76.8 Å². The van der Waals surface area contributed by atoms with Crippen LogP contribution in [0.2, 0.25) is 0 Å². The van der Waals surface area contributed by atoms with Crippen LogP contribution in [-0.4, -0.2) is 35.2 Å². The highest BCUT2D eigenvalue weighted by Gasteiger charge is 2.41. The SMILES string of the molecule is COC(=O)[C@H](C)N1C(=O)S/C(=C\c2ccc(-c3ccc(C)cc3Br)o2)C1=O. The van der Waals surface area contributed by atoms with Crippen LogP contribution in [0.15, 0.2) is 44.1 Å². The third-order valence-corrected chi connectivity index (χ3v) is 5.58. The van der Waals surface area contributed by atoms with E-state index in [1.54, 1.807) is 12.1 Å². The first kappa shape index (κ1) is 19.4. The number of amides is 2. The number of ether oxygens (including phenoxy) is 1. The molecule has 0 bridgehead atoms. The maximum Gasteiger partial charge on any atom is 0.328 e. The maximum absolute atomic E-state index is 12.5. The number of carbonyl (C=O) groups is 3. The minimum atomic E-state index is -0.982. The van der Waals surface area contributed by atoms with Crippen LogP contribution < -0.4 is 0 Å². The van der Waals surface area contributed by atoms with Crippen molar-refractivity contribution in [1.29, 1.82) is 0 Å². The van der Waals surface area contributed by atoms with Crippen molar-refractivity contribution in [2.24, 2.45) is 0 Å². The number of carbonyl (C=O) groups excluding carboxylic acids is 3. The number of hydrogen-bond donors (Lipinski definition) is 0. The highest BCUT2D eigenvalue weighted by Crippen LogP contribution is 2.35. The molecule has 0 N–H and O–H groups in total. The molecule has 1 aromatic heterocycles. The van der Waals surface area contributed by atoms with E-state index >= 15 is 0 Å². The maximum atomic E-state index is 12.5. The van der Waals surface area contributed by atoms with Crippen LogP contribution >= 0.6 is 27.7 Å². The predicted octanol–water partition coefficient (Wildman–Crippen LogP) is 4.62. The highest BCUT2D eigenvalue weighted by molar-refractivity contribution is 9.10. The second-order valence-electron chi connectivity index (χ2n) is 5.94. The van der Waals surface area contributed by atoms with Gasteiger partial charge in [0.25, 0.3) is 11.1 Å². The third kappa shape index (κ3) is 3.86. The number of hydrogen-bond acceptors (Lipinski definition) is 6. The molecule has 1 aliphatic rings. The molecule has 6 nitrogen and oxygen atoms in total. The number of imide groups is 1. The van der Waals surface area contributed by atoms with Gasteiger partial charge in [-0.3, -0.25) is 14.5 Å². The lowest BCUT2D eigenvalue weighted by atomic mass is 10.1. The van der Waals surface area contributed by atoms with Gasteiger partial charge in [-0.2, -0.15) is 0 Å². The Morgan fingerprint density at radius 3 is 2.70 bits per heavy atom. The monoisotopic (exact) mass is 449 g/mol. The first-order valence-corrected chi connectivity index (χ1v) is 9.64. The summed E-state index contributed by atoms with van der Waals surface area (Å²) in [6.45, 7) is 3.44. The standard InChI is InChI=1S/C19H16BrNO5S/c1-10-4-6-13(14(20)8-10)15-7-5-12(26-15)9-16-17(22)21(19(24)27-16)11(2)18(23)25-3/h4-9,11H,1-3H3/b16-9-/t11-/m0/s1. The number of rotatable bonds is 4. The van der Waals surface area contributed by atoms with Gasteiger partial charge in [0, 0.05) is 16.1 Å². The number of nitrogens with zero attached hydrogens (tertiary/aromatic N) is 1. The summed E-state index contributed by atoms with van der Waals surface area (Å²) in [4.78, 5) is 37.4. The first-order valence-electron chi connectivity index (χ1n) is 8.03. The van der Waals surface area contributed by atoms with Crippen molar-refractivity contribution in [3.05, 3.63) is 51.0 Å². The lowest BCUT2D eigenvalue weighted by Gasteiger charge is -2.18. The van der Waals surface area contributed by atoms with Gasteiger partial charge in [-0.25, -0.2) is 4.79 Å². The first-order chi connectivity index (χ1) is 12.8. The normalized spacial score (nSPS) is 16.9. The molecule has 2 heterocycles. The summed E-state index contributed by atoms with van der Waals surface area (Å²) in [5.74, 6) is -0.121. The predicted molar refractivity (Wildman–Crippen MR) is 106 cm³/mol. The molecule has 1 fully saturated rings. The zero-order valence-electron chi connectivity index (χ0n) is 14.8. The van der Waals surface area contributed by atoms with Gasteiger partial charge in [0.05, 0.1) is 12.0 Å². The molecule has 27 heavy (non-hydrogen) atoms. The van der Waals surface area contributed by atoms with Crippen molar-refractivity contribution >= 4 is 50.9 Å². The third-order valence-electron chi connectivity index (χ3n) is 4.04. The fraction of sp³-hybridized carbons (Fsp3) is 0.211. The van der Waals surface area contributed by atoms with Gasteiger partial charge in [0.15, 0.2) is 0 Å². The summed E-state index contributed by atoms with van der Waals surface area (Å²) < 4.78 is 11.3. The van der Waals surface area contributed by atoms with Crippen molar-refractivity contribution < 1.29 is 23.5 Å². The zero-order valence-corrected chi connectivity index (χ0v) is 17.2. The molecule has 3 rings (SSSR count). The molecule has 1 atom stereocenters. The summed E-state index contributed by atoms with van der Waals surface area (Å²) in [6, 6.07) is 8.43. The molecule has 1 aromatic carbocycles. The lowest BCUT2D eigenvalue weighted by Crippen LogP contribution is -2.42. The van der Waals surface area contributed by atoms with E-state index in [9.17, 15) is 14.4 Å². The summed E-state index contributed by atoms with van der Waals surface area (Å²) in [5.41, 5.74) is 2.00. The Bertz CT molecular complexity index is 965. The summed E-state index contributed by atoms with van der Waals surface area (Å²) in [7, 11) is 1.21. The molecule has 2 aromatic rings. The number of esters is 1. The largest absolute Gasteiger partial charge is 0.467 e. The molecule has 2 amide bonds. The molecule has 0 spiro atoms. The number of thioether (sulfide) groups is 1. The van der Waals surface area contributed by atoms with E-state index < -0.39 is 23.2 Å². The quantitative estimate of drug-likeness (QED) is 0.500. The van der Waals surface area contributed by atoms with Gasteiger partial charge in [0.1, 0.15) is 17.6 Å². The number of halogens is 1. The van der Waals surface area contributed by atoms with Crippen LogP contribution in [-0.2, 0) is 14.3 Å². The second kappa shape index (κ2) is 7.74. The smallest absolute Gasteiger partial charge is 0.328 e. The molecule has 0 unspecified atom stereocenters. The van der Waals surface area contributed by atoms with Crippen molar-refractivity contribution in [2.45, 2.75) is 19.9 Å². The Hall–Kier alpha value is -2.32. The van der Waals surface area contributed by atoms with Gasteiger partial charge < -0.3 is 9.15 Å². The van der Waals surface area contributed by atoms with Crippen LogP contribution in [0, 0.1) is 6.92 Å². The molecule has 1 saturated heterocycles. The van der Waals surface area contributed by atoms with Crippen LogP contribution in [0.3, 0.4) is 0 Å². The van der Waals surface area contributed by atoms with E-state index in [-0.39, 0.29) is 4.91 Å². The number of benzene rings is 1. The Morgan fingerprint density at radius 1 is 1.30 bits per heavy atom. The summed E-state index contributed by atoms with van der Waals surface area (Å²) >= 11 is 4.28. The summed E-state index contributed by atoms with van der Waals surface area (Å²) in [6.07, 6.45) is 1.50. The van der Waals surface area contributed by atoms with Gasteiger partial charge in [-0.15, -0.1) is 0 Å². The highest BCUT2D eigenvalue weighted by atomic mass is 79.9. The van der Waals surface area contributed by atoms with E-state index in [0.29, 0.717) is 11.5 Å². The van der Waals surface area contributed by atoms with E-state index in [4.69, 9.17) is 4.42 Å². The van der Waals surface area contributed by atoms with Crippen LogP contribution in [0.1, 0.15) is 18.2 Å². The van der Waals surface area contributed by atoms with Gasteiger partial charge in [0.2, 0.25) is 0 Å². The van der Waals surface area contributed by atoms with E-state index in [1.807, 2.05) is 25.1 Å². The average molecular weight is 450 g/mol. The number of methoxy groups -OCH3 is 1. The Morgan fingerprint density at radius 2 is 2.04 bits per heavy atom. The van der Waals surface area contributed by atoms with Crippen LogP contribution in [0.25, 0.3) is 17.4 Å². The Kier molecular flexibility index (Phi) is 5.57. The van der Waals surface area contributed by atoms with Crippen LogP contribution in [0.4, 0.5) is 4.79 Å². The molecule has 1 aliphatic heterocycles. The number of furan rings is 1. The minimum absolute atomic E-state index is 0.194. The van der Waals surface area contributed by atoms with Crippen molar-refractivity contribution in [2.75, 3.05) is 7.11 Å². The molecule has 0 saturated carbocycles. The van der Waals surface area contributed by atoms with Crippen molar-refractivity contribution in [3.63, 3.8) is 0 Å². The molecule has 0 aliphatic carbocycles. The second-order valence-corrected chi connectivity index (χ2v) is 7.78. The van der Waals surface area contributed by atoms with Crippen LogP contribution in [0.5, 0.6) is 0 Å². The Labute approximate surface area is 168 Å². The van der Waals surface area contributed by atoms with Gasteiger partial charge in [-0.05, 0) is 55.4 Å². The van der Waals surface area contributed by atoms with E-state index in [1.165, 1.54) is 20.1 Å². The fourth-order valence-corrected chi connectivity index (χ4v) is 4.19.